The van der Waals surface area contributed by atoms with Crippen molar-refractivity contribution < 1.29 is 20.1 Å². The third-order valence-corrected chi connectivity index (χ3v) is 4.90. The van der Waals surface area contributed by atoms with Gasteiger partial charge in [0.05, 0.1) is 6.57 Å². The minimum absolute atomic E-state index is 0. The van der Waals surface area contributed by atoms with Crippen molar-refractivity contribution in [3.8, 4) is 39.7 Å². The zero-order valence-electron chi connectivity index (χ0n) is 18.5. The average Bonchev–Trinajstić information content (AvgIpc) is 2.94. The number of hydrogen-bond acceptors (Lipinski definition) is 3. The monoisotopic (exact) mass is 627 g/mol. The third-order valence-electron chi connectivity index (χ3n) is 4.90. The van der Waals surface area contributed by atoms with Crippen molar-refractivity contribution in [2.24, 2.45) is 0 Å². The normalized spacial score (nSPS) is 9.43. The van der Waals surface area contributed by atoms with Crippen molar-refractivity contribution in [3.05, 3.63) is 139 Å². The van der Waals surface area contributed by atoms with Crippen molar-refractivity contribution in [3.63, 3.8) is 0 Å². The second-order valence-corrected chi connectivity index (χ2v) is 7.18. The molecule has 0 fully saturated rings. The maximum atomic E-state index is 9.06. The zero-order valence-corrected chi connectivity index (χ0v) is 20.9. The van der Waals surface area contributed by atoms with Crippen LogP contribution in [0.25, 0.3) is 38.5 Å². The molecule has 0 aliphatic carbocycles. The van der Waals surface area contributed by atoms with Gasteiger partial charge in [-0.3, -0.25) is 9.83 Å². The quantitative estimate of drug-likeness (QED) is 0.199. The van der Waals surface area contributed by atoms with Gasteiger partial charge in [-0.2, -0.15) is 0 Å². The van der Waals surface area contributed by atoms with E-state index in [1.165, 1.54) is 6.07 Å². The van der Waals surface area contributed by atoms with E-state index in [2.05, 4.69) is 26.9 Å². The fraction of sp³-hybridized carbons (Fsp3) is 0. The molecule has 1 radical (unpaired) electrons. The summed E-state index contributed by atoms with van der Waals surface area (Å²) in [6.07, 6.45) is 3.51. The molecule has 0 aliphatic rings. The standard InChI is InChI=1S/C19H10N3.C11H8N.Ir/c1-21-18-10-14(13-20)9-17(11-18)19-12-16(7-8-22-19)15-5-3-2-4-6-15;1-2-6-10(7-3-1)11-8-4-5-9-12-11;/h2-8,10-12H;1-6,8-9H;/q2*-1;. The molecule has 169 valence electrons. The van der Waals surface area contributed by atoms with Crippen molar-refractivity contribution in [2.75, 3.05) is 0 Å². The molecule has 0 N–H and O–H groups in total. The minimum Gasteiger partial charge on any atom is -0.305 e. The molecule has 5 heteroatoms. The summed E-state index contributed by atoms with van der Waals surface area (Å²) in [6, 6.07) is 38.9. The van der Waals surface area contributed by atoms with Crippen molar-refractivity contribution >= 4 is 5.69 Å². The summed E-state index contributed by atoms with van der Waals surface area (Å²) in [5, 5.41) is 9.06. The average molecular weight is 627 g/mol. The first kappa shape index (κ1) is 25.2. The van der Waals surface area contributed by atoms with E-state index in [1.54, 1.807) is 18.5 Å². The molecule has 5 rings (SSSR count). The van der Waals surface area contributed by atoms with Gasteiger partial charge >= 0.3 is 0 Å². The predicted molar refractivity (Wildman–Crippen MR) is 133 cm³/mol. The fourth-order valence-corrected chi connectivity index (χ4v) is 3.28. The van der Waals surface area contributed by atoms with Crippen LogP contribution in [0.5, 0.6) is 0 Å². The molecule has 0 bridgehead atoms. The maximum Gasteiger partial charge on any atom is 0.125 e. The summed E-state index contributed by atoms with van der Waals surface area (Å²) in [4.78, 5) is 12.0. The Balaban J connectivity index is 0.000000223. The Bertz CT molecular complexity index is 1390. The summed E-state index contributed by atoms with van der Waals surface area (Å²) in [7, 11) is 0. The molecule has 0 spiro atoms. The van der Waals surface area contributed by atoms with Gasteiger partial charge in [-0.1, -0.05) is 54.1 Å². The van der Waals surface area contributed by atoms with Crippen LogP contribution in [0, 0.1) is 30.0 Å². The van der Waals surface area contributed by atoms with Crippen LogP contribution in [0.2, 0.25) is 0 Å². The molecule has 2 heterocycles. The second kappa shape index (κ2) is 12.7. The van der Waals surface area contributed by atoms with Gasteiger partial charge in [0, 0.05) is 38.2 Å². The van der Waals surface area contributed by atoms with Crippen LogP contribution in [0.1, 0.15) is 5.56 Å². The van der Waals surface area contributed by atoms with Crippen LogP contribution >= 0.6 is 0 Å². The number of nitrogens with zero attached hydrogens (tertiary/aromatic N) is 4. The van der Waals surface area contributed by atoms with Crippen LogP contribution in [-0.2, 0) is 20.1 Å². The summed E-state index contributed by atoms with van der Waals surface area (Å²) < 4.78 is 0. The van der Waals surface area contributed by atoms with Gasteiger partial charge in [0.15, 0.2) is 0 Å². The van der Waals surface area contributed by atoms with Gasteiger partial charge in [-0.15, -0.1) is 59.7 Å². The van der Waals surface area contributed by atoms with Crippen molar-refractivity contribution in [1.29, 1.82) is 5.26 Å². The van der Waals surface area contributed by atoms with E-state index in [0.29, 0.717) is 22.5 Å². The van der Waals surface area contributed by atoms with Gasteiger partial charge in [0.1, 0.15) is 5.69 Å². The Morgan fingerprint density at radius 3 is 2.20 bits per heavy atom. The third kappa shape index (κ3) is 6.79. The molecular weight excluding hydrogens is 609 g/mol. The van der Waals surface area contributed by atoms with Gasteiger partial charge in [0.2, 0.25) is 0 Å². The number of rotatable bonds is 3. The Kier molecular flexibility index (Phi) is 9.17. The van der Waals surface area contributed by atoms with Crippen molar-refractivity contribution in [2.45, 2.75) is 0 Å². The second-order valence-electron chi connectivity index (χ2n) is 7.18. The van der Waals surface area contributed by atoms with Gasteiger partial charge in [0.25, 0.3) is 0 Å². The van der Waals surface area contributed by atoms with E-state index in [-0.39, 0.29) is 20.1 Å². The molecule has 0 saturated heterocycles. The van der Waals surface area contributed by atoms with E-state index >= 15 is 0 Å². The zero-order chi connectivity index (χ0) is 23.6. The first-order valence-corrected chi connectivity index (χ1v) is 10.5. The molecule has 2 aromatic heterocycles. The SMILES string of the molecule is [C-]#[N+]c1cc(C#N)[c-]c(-c2cc(-c3ccccc3)ccn2)c1.[Ir].[c-]1ccccc1-c1ccccn1. The summed E-state index contributed by atoms with van der Waals surface area (Å²) in [5.74, 6) is 0. The molecule has 35 heavy (non-hydrogen) atoms. The van der Waals surface area contributed by atoms with Crippen LogP contribution in [-0.4, -0.2) is 9.97 Å². The number of hydrogen-bond donors (Lipinski definition) is 0. The minimum atomic E-state index is 0. The van der Waals surface area contributed by atoms with E-state index in [4.69, 9.17) is 11.8 Å². The topological polar surface area (TPSA) is 53.9 Å². The molecule has 0 saturated carbocycles. The smallest absolute Gasteiger partial charge is 0.125 e. The number of nitriles is 1. The van der Waals surface area contributed by atoms with E-state index in [9.17, 15) is 0 Å². The van der Waals surface area contributed by atoms with E-state index in [1.807, 2.05) is 91.0 Å². The van der Waals surface area contributed by atoms with Gasteiger partial charge in [-0.05, 0) is 35.0 Å². The molecule has 0 unspecified atom stereocenters. The van der Waals surface area contributed by atoms with E-state index < -0.39 is 0 Å². The predicted octanol–water partition coefficient (Wildman–Crippen LogP) is 7.18. The van der Waals surface area contributed by atoms with E-state index in [0.717, 1.165) is 22.4 Å². The summed E-state index contributed by atoms with van der Waals surface area (Å²) in [5.41, 5.74) is 6.24. The number of aromatic nitrogens is 2. The Labute approximate surface area is 218 Å². The molecular formula is C30H18IrN4-2. The first-order chi connectivity index (χ1) is 16.8. The van der Waals surface area contributed by atoms with Crippen LogP contribution < -0.4 is 0 Å². The van der Waals surface area contributed by atoms with Crippen LogP contribution in [0.15, 0.2) is 109 Å². The molecule has 3 aromatic carbocycles. The van der Waals surface area contributed by atoms with Crippen LogP contribution in [0.4, 0.5) is 5.69 Å². The molecule has 0 atom stereocenters. The fourth-order valence-electron chi connectivity index (χ4n) is 3.28. The summed E-state index contributed by atoms with van der Waals surface area (Å²) in [6.45, 7) is 7.13. The number of benzene rings is 3. The molecule has 4 nitrogen and oxygen atoms in total. The molecule has 0 amide bonds. The maximum absolute atomic E-state index is 9.06. The van der Waals surface area contributed by atoms with Crippen LogP contribution in [0.3, 0.4) is 0 Å². The molecule has 0 aliphatic heterocycles. The number of pyridine rings is 2. The largest absolute Gasteiger partial charge is 0.305 e. The Morgan fingerprint density at radius 1 is 0.743 bits per heavy atom. The van der Waals surface area contributed by atoms with Gasteiger partial charge in [-0.25, -0.2) is 5.26 Å². The van der Waals surface area contributed by atoms with Gasteiger partial charge < -0.3 is 4.98 Å². The molecule has 5 aromatic rings. The Hall–Kier alpha value is -4.41. The Morgan fingerprint density at radius 2 is 1.51 bits per heavy atom. The van der Waals surface area contributed by atoms with Crippen molar-refractivity contribution in [1.82, 2.24) is 9.97 Å². The summed E-state index contributed by atoms with van der Waals surface area (Å²) >= 11 is 0. The first-order valence-electron chi connectivity index (χ1n) is 10.5.